The van der Waals surface area contributed by atoms with Crippen LogP contribution in [0.2, 0.25) is 0 Å². The molecular weight excluding hydrogens is 248 g/mol. The molecule has 1 rings (SSSR count). The van der Waals surface area contributed by atoms with E-state index in [9.17, 15) is 9.59 Å². The molecule has 1 amide bonds. The molecule has 0 radical (unpaired) electrons. The Kier molecular flexibility index (Phi) is 5.02. The SMILES string of the molecule is CCOC(=O)c1nnn(C(C)C(N)=O)c1CC(C)C. The summed E-state index contributed by atoms with van der Waals surface area (Å²) in [5, 5.41) is 7.68. The van der Waals surface area contributed by atoms with Gasteiger partial charge in [0.2, 0.25) is 5.91 Å². The molecule has 0 aliphatic rings. The highest BCUT2D eigenvalue weighted by atomic mass is 16.5. The summed E-state index contributed by atoms with van der Waals surface area (Å²) in [4.78, 5) is 23.1. The molecule has 0 spiro atoms. The van der Waals surface area contributed by atoms with E-state index < -0.39 is 17.9 Å². The van der Waals surface area contributed by atoms with Gasteiger partial charge in [0.1, 0.15) is 6.04 Å². The number of rotatable bonds is 6. The minimum absolute atomic E-state index is 0.156. The highest BCUT2D eigenvalue weighted by molar-refractivity contribution is 5.88. The van der Waals surface area contributed by atoms with Crippen molar-refractivity contribution in [2.24, 2.45) is 11.7 Å². The zero-order chi connectivity index (χ0) is 14.6. The monoisotopic (exact) mass is 268 g/mol. The first-order valence-corrected chi connectivity index (χ1v) is 6.28. The summed E-state index contributed by atoms with van der Waals surface area (Å²) < 4.78 is 6.33. The van der Waals surface area contributed by atoms with E-state index in [2.05, 4.69) is 10.3 Å². The van der Waals surface area contributed by atoms with Crippen molar-refractivity contribution in [3.8, 4) is 0 Å². The van der Waals surface area contributed by atoms with E-state index in [0.717, 1.165) is 0 Å². The quantitative estimate of drug-likeness (QED) is 0.765. The van der Waals surface area contributed by atoms with Crippen molar-refractivity contribution in [3.05, 3.63) is 11.4 Å². The smallest absolute Gasteiger partial charge is 0.360 e. The van der Waals surface area contributed by atoms with Crippen LogP contribution >= 0.6 is 0 Å². The fraction of sp³-hybridized carbons (Fsp3) is 0.667. The molecule has 106 valence electrons. The molecular formula is C12H20N4O3. The molecule has 0 saturated heterocycles. The topological polar surface area (TPSA) is 100 Å². The van der Waals surface area contributed by atoms with Crippen molar-refractivity contribution in [1.29, 1.82) is 0 Å². The lowest BCUT2D eigenvalue weighted by molar-refractivity contribution is -0.121. The molecule has 0 aliphatic carbocycles. The number of esters is 1. The molecule has 0 fully saturated rings. The van der Waals surface area contributed by atoms with Crippen molar-refractivity contribution >= 4 is 11.9 Å². The maximum atomic E-state index is 11.8. The molecule has 2 N–H and O–H groups in total. The average Bonchev–Trinajstić information content (AvgIpc) is 2.71. The summed E-state index contributed by atoms with van der Waals surface area (Å²) in [7, 11) is 0. The molecule has 1 atom stereocenters. The van der Waals surface area contributed by atoms with Crippen LogP contribution in [0.25, 0.3) is 0 Å². The molecule has 7 heteroatoms. The number of carbonyl (C=O) groups is 2. The van der Waals surface area contributed by atoms with Gasteiger partial charge >= 0.3 is 5.97 Å². The number of carbonyl (C=O) groups excluding carboxylic acids is 2. The lowest BCUT2D eigenvalue weighted by Gasteiger charge is -2.13. The minimum Gasteiger partial charge on any atom is -0.461 e. The average molecular weight is 268 g/mol. The van der Waals surface area contributed by atoms with Crippen LogP contribution in [0.3, 0.4) is 0 Å². The summed E-state index contributed by atoms with van der Waals surface area (Å²) >= 11 is 0. The largest absolute Gasteiger partial charge is 0.461 e. The molecule has 1 aromatic rings. The summed E-state index contributed by atoms with van der Waals surface area (Å²) in [6.45, 7) is 7.60. The predicted octanol–water partition coefficient (Wildman–Crippen LogP) is 0.700. The van der Waals surface area contributed by atoms with Gasteiger partial charge in [-0.15, -0.1) is 5.10 Å². The molecule has 0 aromatic carbocycles. The minimum atomic E-state index is -0.649. The maximum absolute atomic E-state index is 11.8. The second-order valence-electron chi connectivity index (χ2n) is 4.73. The number of aromatic nitrogens is 3. The molecule has 1 unspecified atom stereocenters. The third-order valence-electron chi connectivity index (χ3n) is 2.64. The van der Waals surface area contributed by atoms with Gasteiger partial charge in [-0.3, -0.25) is 4.79 Å². The number of nitrogens with zero attached hydrogens (tertiary/aromatic N) is 3. The van der Waals surface area contributed by atoms with Crippen LogP contribution in [0.5, 0.6) is 0 Å². The maximum Gasteiger partial charge on any atom is 0.360 e. The van der Waals surface area contributed by atoms with Gasteiger partial charge in [0.05, 0.1) is 12.3 Å². The Bertz CT molecular complexity index is 468. The predicted molar refractivity (Wildman–Crippen MR) is 68.4 cm³/mol. The Morgan fingerprint density at radius 2 is 2.00 bits per heavy atom. The van der Waals surface area contributed by atoms with E-state index in [1.54, 1.807) is 13.8 Å². The first-order valence-electron chi connectivity index (χ1n) is 6.28. The van der Waals surface area contributed by atoms with Crippen LogP contribution in [0, 0.1) is 5.92 Å². The van der Waals surface area contributed by atoms with E-state index in [4.69, 9.17) is 10.5 Å². The summed E-state index contributed by atoms with van der Waals surface area (Å²) in [6, 6.07) is -0.649. The van der Waals surface area contributed by atoms with Crippen LogP contribution in [-0.2, 0) is 16.0 Å². The summed E-state index contributed by atoms with van der Waals surface area (Å²) in [5.41, 5.74) is 6.01. The molecule has 0 saturated carbocycles. The fourth-order valence-corrected chi connectivity index (χ4v) is 1.68. The number of amides is 1. The van der Waals surface area contributed by atoms with Gasteiger partial charge < -0.3 is 10.5 Å². The van der Waals surface area contributed by atoms with Gasteiger partial charge in [0.25, 0.3) is 0 Å². The number of ether oxygens (including phenoxy) is 1. The van der Waals surface area contributed by atoms with Crippen molar-refractivity contribution < 1.29 is 14.3 Å². The number of primary amides is 1. The Morgan fingerprint density at radius 3 is 2.47 bits per heavy atom. The summed E-state index contributed by atoms with van der Waals surface area (Å²) in [6.07, 6.45) is 0.568. The van der Waals surface area contributed by atoms with Crippen LogP contribution < -0.4 is 5.73 Å². The first kappa shape index (κ1) is 15.1. The van der Waals surface area contributed by atoms with Crippen LogP contribution in [0.4, 0.5) is 0 Å². The molecule has 7 nitrogen and oxygen atoms in total. The third-order valence-corrected chi connectivity index (χ3v) is 2.64. The Hall–Kier alpha value is -1.92. The second kappa shape index (κ2) is 6.31. The normalized spacial score (nSPS) is 12.5. The summed E-state index contributed by atoms with van der Waals surface area (Å²) in [5.74, 6) is -0.767. The van der Waals surface area contributed by atoms with Crippen LogP contribution in [0.1, 0.15) is 49.9 Å². The van der Waals surface area contributed by atoms with Gasteiger partial charge in [-0.05, 0) is 26.2 Å². The zero-order valence-corrected chi connectivity index (χ0v) is 11.7. The van der Waals surface area contributed by atoms with Gasteiger partial charge in [0, 0.05) is 0 Å². The van der Waals surface area contributed by atoms with Crippen LogP contribution in [-0.4, -0.2) is 33.5 Å². The van der Waals surface area contributed by atoms with Crippen molar-refractivity contribution in [2.75, 3.05) is 6.61 Å². The van der Waals surface area contributed by atoms with Gasteiger partial charge in [-0.25, -0.2) is 9.48 Å². The van der Waals surface area contributed by atoms with E-state index in [1.165, 1.54) is 4.68 Å². The third kappa shape index (κ3) is 3.52. The lowest BCUT2D eigenvalue weighted by atomic mass is 10.1. The van der Waals surface area contributed by atoms with Crippen molar-refractivity contribution in [2.45, 2.75) is 40.2 Å². The Labute approximate surface area is 112 Å². The number of hydrogen-bond acceptors (Lipinski definition) is 5. The number of nitrogens with two attached hydrogens (primary N) is 1. The molecule has 19 heavy (non-hydrogen) atoms. The molecule has 0 bridgehead atoms. The van der Waals surface area contributed by atoms with Crippen LogP contribution in [0.15, 0.2) is 0 Å². The Morgan fingerprint density at radius 1 is 1.37 bits per heavy atom. The second-order valence-corrected chi connectivity index (χ2v) is 4.73. The van der Waals surface area contributed by atoms with Gasteiger partial charge in [0.15, 0.2) is 5.69 Å². The van der Waals surface area contributed by atoms with Crippen molar-refractivity contribution in [1.82, 2.24) is 15.0 Å². The zero-order valence-electron chi connectivity index (χ0n) is 11.7. The van der Waals surface area contributed by atoms with E-state index in [1.807, 2.05) is 13.8 Å². The van der Waals surface area contributed by atoms with Gasteiger partial charge in [-0.2, -0.15) is 0 Å². The molecule has 0 aliphatic heterocycles. The van der Waals surface area contributed by atoms with E-state index >= 15 is 0 Å². The fourth-order valence-electron chi connectivity index (χ4n) is 1.68. The van der Waals surface area contributed by atoms with E-state index in [0.29, 0.717) is 12.1 Å². The molecule has 1 heterocycles. The first-order chi connectivity index (χ1) is 8.88. The Balaban J connectivity index is 3.18. The molecule has 1 aromatic heterocycles. The standard InChI is InChI=1S/C12H20N4O3/c1-5-19-12(18)10-9(6-7(2)3)16(15-14-10)8(4)11(13)17/h7-8H,5-6H2,1-4H3,(H2,13,17). The highest BCUT2D eigenvalue weighted by Crippen LogP contribution is 2.17. The van der Waals surface area contributed by atoms with Gasteiger partial charge in [-0.1, -0.05) is 19.1 Å². The number of hydrogen-bond donors (Lipinski definition) is 1. The van der Waals surface area contributed by atoms with Crippen molar-refractivity contribution in [3.63, 3.8) is 0 Å². The lowest BCUT2D eigenvalue weighted by Crippen LogP contribution is -2.27. The highest BCUT2D eigenvalue weighted by Gasteiger charge is 2.25. The van der Waals surface area contributed by atoms with E-state index in [-0.39, 0.29) is 18.2 Å².